The summed E-state index contributed by atoms with van der Waals surface area (Å²) >= 11 is 0. The third-order valence-corrected chi connectivity index (χ3v) is 3.81. The molecular formula is C9H13NO5S. The third kappa shape index (κ3) is 3.67. The Hall–Kier alpha value is -1.34. The molecule has 0 aliphatic heterocycles. The van der Waals surface area contributed by atoms with Crippen LogP contribution in [0.3, 0.4) is 0 Å². The maximum absolute atomic E-state index is 11.6. The zero-order valence-corrected chi connectivity index (χ0v) is 9.61. The predicted molar refractivity (Wildman–Crippen MR) is 56.2 cm³/mol. The van der Waals surface area contributed by atoms with Crippen molar-refractivity contribution in [2.24, 2.45) is 0 Å². The van der Waals surface area contributed by atoms with E-state index in [1.807, 2.05) is 0 Å². The van der Waals surface area contributed by atoms with Gasteiger partial charge in [-0.3, -0.25) is 4.79 Å². The second kappa shape index (κ2) is 5.13. The molecule has 7 heteroatoms. The van der Waals surface area contributed by atoms with Crippen molar-refractivity contribution in [3.63, 3.8) is 0 Å². The highest BCUT2D eigenvalue weighted by Gasteiger charge is 2.20. The molecule has 0 saturated heterocycles. The molecule has 0 bridgehead atoms. The van der Waals surface area contributed by atoms with E-state index in [4.69, 9.17) is 9.52 Å². The lowest BCUT2D eigenvalue weighted by Crippen LogP contribution is -2.29. The van der Waals surface area contributed by atoms with Gasteiger partial charge in [-0.1, -0.05) is 0 Å². The van der Waals surface area contributed by atoms with Crippen LogP contribution in [-0.2, 0) is 21.4 Å². The zero-order valence-electron chi connectivity index (χ0n) is 8.79. The quantitative estimate of drug-likeness (QED) is 0.791. The molecule has 0 aromatic carbocycles. The van der Waals surface area contributed by atoms with Crippen molar-refractivity contribution in [3.8, 4) is 0 Å². The minimum Gasteiger partial charge on any atom is -0.481 e. The predicted octanol–water partition coefficient (Wildman–Crippen LogP) is 0.516. The van der Waals surface area contributed by atoms with Gasteiger partial charge in [0.1, 0.15) is 5.76 Å². The Kier molecular flexibility index (Phi) is 4.08. The van der Waals surface area contributed by atoms with E-state index in [0.717, 1.165) is 4.31 Å². The van der Waals surface area contributed by atoms with Crippen LogP contribution in [0.5, 0.6) is 0 Å². The summed E-state index contributed by atoms with van der Waals surface area (Å²) in [6.07, 6.45) is 1.05. The molecule has 0 unspecified atom stereocenters. The molecule has 0 aliphatic carbocycles. The lowest BCUT2D eigenvalue weighted by molar-refractivity contribution is -0.136. The maximum atomic E-state index is 11.6. The molecule has 0 fully saturated rings. The molecule has 1 aromatic heterocycles. The molecule has 0 radical (unpaired) electrons. The van der Waals surface area contributed by atoms with Crippen LogP contribution in [0.2, 0.25) is 0 Å². The molecular weight excluding hydrogens is 234 g/mol. The fraction of sp³-hybridized carbons (Fsp3) is 0.444. The molecule has 1 N–H and O–H groups in total. The minimum absolute atomic E-state index is 0.106. The van der Waals surface area contributed by atoms with Crippen molar-refractivity contribution in [2.75, 3.05) is 12.8 Å². The van der Waals surface area contributed by atoms with Gasteiger partial charge in [-0.2, -0.15) is 4.31 Å². The van der Waals surface area contributed by atoms with E-state index in [9.17, 15) is 13.2 Å². The van der Waals surface area contributed by atoms with Crippen LogP contribution in [-0.4, -0.2) is 36.6 Å². The maximum Gasteiger partial charge on any atom is 0.304 e. The number of hydrogen-bond donors (Lipinski definition) is 1. The lowest BCUT2D eigenvalue weighted by Gasteiger charge is -2.14. The standard InChI is InChI=1S/C9H13NO5S/c1-10(7-8-3-2-5-15-8)16(13,14)6-4-9(11)12/h2-3,5H,4,6-7H2,1H3,(H,11,12). The van der Waals surface area contributed by atoms with E-state index in [0.29, 0.717) is 5.76 Å². The van der Waals surface area contributed by atoms with E-state index < -0.39 is 28.2 Å². The molecule has 1 heterocycles. The number of carboxylic acid groups (broad SMARTS) is 1. The summed E-state index contributed by atoms with van der Waals surface area (Å²) < 4.78 is 29.2. The molecule has 0 atom stereocenters. The first kappa shape index (κ1) is 12.7. The van der Waals surface area contributed by atoms with Gasteiger partial charge in [0.15, 0.2) is 0 Å². The fourth-order valence-corrected chi connectivity index (χ4v) is 2.16. The Labute approximate surface area is 93.5 Å². The van der Waals surface area contributed by atoms with Gasteiger partial charge >= 0.3 is 5.97 Å². The van der Waals surface area contributed by atoms with Gasteiger partial charge in [0.05, 0.1) is 25.0 Å². The first-order valence-corrected chi connectivity index (χ1v) is 6.21. The van der Waals surface area contributed by atoms with E-state index in [1.54, 1.807) is 12.1 Å². The topological polar surface area (TPSA) is 87.8 Å². The summed E-state index contributed by atoms with van der Waals surface area (Å²) in [7, 11) is -2.15. The van der Waals surface area contributed by atoms with Crippen LogP contribution < -0.4 is 0 Å². The lowest BCUT2D eigenvalue weighted by atomic mass is 10.4. The van der Waals surface area contributed by atoms with Gasteiger partial charge in [-0.05, 0) is 12.1 Å². The molecule has 1 rings (SSSR count). The molecule has 0 amide bonds. The highest BCUT2D eigenvalue weighted by Crippen LogP contribution is 2.08. The van der Waals surface area contributed by atoms with Gasteiger partial charge in [0, 0.05) is 7.05 Å². The van der Waals surface area contributed by atoms with Crippen LogP contribution in [0.4, 0.5) is 0 Å². The number of carbonyl (C=O) groups is 1. The number of rotatable bonds is 6. The van der Waals surface area contributed by atoms with E-state index in [2.05, 4.69) is 0 Å². The highest BCUT2D eigenvalue weighted by molar-refractivity contribution is 7.89. The van der Waals surface area contributed by atoms with Gasteiger partial charge in [-0.15, -0.1) is 0 Å². The average Bonchev–Trinajstić information content (AvgIpc) is 2.67. The monoisotopic (exact) mass is 247 g/mol. The minimum atomic E-state index is -3.54. The van der Waals surface area contributed by atoms with Crippen molar-refractivity contribution in [2.45, 2.75) is 13.0 Å². The number of aliphatic carboxylic acids is 1. The summed E-state index contributed by atoms with van der Waals surface area (Å²) in [5, 5.41) is 8.41. The molecule has 16 heavy (non-hydrogen) atoms. The average molecular weight is 247 g/mol. The molecule has 1 aromatic rings. The summed E-state index contributed by atoms with van der Waals surface area (Å²) in [5.74, 6) is -1.02. The molecule has 6 nitrogen and oxygen atoms in total. The first-order valence-electron chi connectivity index (χ1n) is 4.60. The Morgan fingerprint density at radius 1 is 1.56 bits per heavy atom. The molecule has 0 spiro atoms. The summed E-state index contributed by atoms with van der Waals surface area (Å²) in [6, 6.07) is 3.32. The van der Waals surface area contributed by atoms with Gasteiger partial charge < -0.3 is 9.52 Å². The van der Waals surface area contributed by atoms with Crippen molar-refractivity contribution >= 4 is 16.0 Å². The van der Waals surface area contributed by atoms with Crippen molar-refractivity contribution in [1.29, 1.82) is 0 Å². The summed E-state index contributed by atoms with van der Waals surface area (Å²) in [4.78, 5) is 10.3. The molecule has 0 saturated carbocycles. The Bertz CT molecular complexity index is 436. The van der Waals surface area contributed by atoms with Gasteiger partial charge in [0.25, 0.3) is 0 Å². The van der Waals surface area contributed by atoms with Crippen LogP contribution in [0.25, 0.3) is 0 Å². The number of carboxylic acids is 1. The molecule has 90 valence electrons. The second-order valence-electron chi connectivity index (χ2n) is 3.30. The molecule has 0 aliphatic rings. The van der Waals surface area contributed by atoms with Gasteiger partial charge in [0.2, 0.25) is 10.0 Å². The smallest absolute Gasteiger partial charge is 0.304 e. The van der Waals surface area contributed by atoms with Crippen molar-refractivity contribution < 1.29 is 22.7 Å². The number of furan rings is 1. The van der Waals surface area contributed by atoms with E-state index >= 15 is 0 Å². The Morgan fingerprint density at radius 2 is 2.25 bits per heavy atom. The van der Waals surface area contributed by atoms with E-state index in [1.165, 1.54) is 13.3 Å². The summed E-state index contributed by atoms with van der Waals surface area (Å²) in [6.45, 7) is 0.106. The van der Waals surface area contributed by atoms with Crippen LogP contribution >= 0.6 is 0 Å². The van der Waals surface area contributed by atoms with Crippen LogP contribution in [0.1, 0.15) is 12.2 Å². The Balaban J connectivity index is 2.58. The van der Waals surface area contributed by atoms with E-state index in [-0.39, 0.29) is 6.54 Å². The fourth-order valence-electron chi connectivity index (χ4n) is 1.09. The number of nitrogens with zero attached hydrogens (tertiary/aromatic N) is 1. The normalized spacial score (nSPS) is 11.9. The summed E-state index contributed by atoms with van der Waals surface area (Å²) in [5.41, 5.74) is 0. The first-order chi connectivity index (χ1) is 7.42. The second-order valence-corrected chi connectivity index (χ2v) is 5.49. The van der Waals surface area contributed by atoms with Crippen LogP contribution in [0, 0.1) is 0 Å². The van der Waals surface area contributed by atoms with Crippen molar-refractivity contribution in [1.82, 2.24) is 4.31 Å². The largest absolute Gasteiger partial charge is 0.481 e. The van der Waals surface area contributed by atoms with Crippen LogP contribution in [0.15, 0.2) is 22.8 Å². The highest BCUT2D eigenvalue weighted by atomic mass is 32.2. The Morgan fingerprint density at radius 3 is 2.75 bits per heavy atom. The zero-order chi connectivity index (χ0) is 12.2. The van der Waals surface area contributed by atoms with Gasteiger partial charge in [-0.25, -0.2) is 8.42 Å². The number of hydrogen-bond acceptors (Lipinski definition) is 4. The number of sulfonamides is 1. The third-order valence-electron chi connectivity index (χ3n) is 2.01. The SMILES string of the molecule is CN(Cc1ccco1)S(=O)(=O)CCC(=O)O. The van der Waals surface area contributed by atoms with Crippen molar-refractivity contribution in [3.05, 3.63) is 24.2 Å².